The van der Waals surface area contributed by atoms with Gasteiger partial charge in [0, 0.05) is 32.0 Å². The van der Waals surface area contributed by atoms with E-state index >= 15 is 0 Å². The predicted molar refractivity (Wildman–Crippen MR) is 158 cm³/mol. The highest BCUT2D eigenvalue weighted by Gasteiger charge is 2.51. The number of pyridine rings is 1. The second-order valence-corrected chi connectivity index (χ2v) is 13.0. The number of Topliss-reactive ketones (excluding diaryl/α,β-unsaturated/α-hetero) is 1. The topological polar surface area (TPSA) is 85.9 Å². The molecule has 216 valence electrons. The fraction of sp³-hybridized carbons (Fsp3) is 0.375. The normalized spacial score (nSPS) is 22.4. The molecule has 7 rings (SSSR count). The number of benzene rings is 1. The Morgan fingerprint density at radius 2 is 1.93 bits per heavy atom. The Morgan fingerprint density at radius 3 is 2.60 bits per heavy atom. The average molecular weight is 585 g/mol. The summed E-state index contributed by atoms with van der Waals surface area (Å²) in [6.07, 6.45) is 12.4. The SMILES string of the molecule is CCN(C1CCC2=Cc3c(cnn3-c3ccc(F)cc3)CC2(C(=O)c2ccc(C3CC3)cn2)C1)S(=O)c1ccn(C)n1. The van der Waals surface area contributed by atoms with E-state index in [1.807, 2.05) is 47.5 Å². The molecule has 3 heterocycles. The number of carbonyl (C=O) groups is 1. The Morgan fingerprint density at radius 1 is 1.12 bits per heavy atom. The number of carbonyl (C=O) groups excluding carboxylic acids is 1. The molecule has 4 aromatic rings. The number of nitrogens with zero attached hydrogens (tertiary/aromatic N) is 6. The van der Waals surface area contributed by atoms with Gasteiger partial charge in [-0.1, -0.05) is 18.6 Å². The lowest BCUT2D eigenvalue weighted by Crippen LogP contribution is -2.49. The van der Waals surface area contributed by atoms with Gasteiger partial charge < -0.3 is 0 Å². The van der Waals surface area contributed by atoms with E-state index in [1.54, 1.807) is 29.1 Å². The van der Waals surface area contributed by atoms with Crippen LogP contribution in [0.1, 0.15) is 72.3 Å². The number of hydrogen-bond acceptors (Lipinski definition) is 5. The van der Waals surface area contributed by atoms with Crippen molar-refractivity contribution in [2.75, 3.05) is 6.54 Å². The highest BCUT2D eigenvalue weighted by molar-refractivity contribution is 7.82. The van der Waals surface area contributed by atoms with Crippen LogP contribution in [0.2, 0.25) is 0 Å². The second-order valence-electron chi connectivity index (χ2n) is 11.7. The number of rotatable bonds is 8. The first-order chi connectivity index (χ1) is 20.4. The molecule has 0 bridgehead atoms. The number of ketones is 1. The van der Waals surface area contributed by atoms with Crippen LogP contribution in [0.25, 0.3) is 11.8 Å². The van der Waals surface area contributed by atoms with Crippen LogP contribution in [0.15, 0.2) is 71.7 Å². The Hall–Kier alpha value is -3.76. The number of halogens is 1. The van der Waals surface area contributed by atoms with Gasteiger partial charge in [-0.15, -0.1) is 0 Å². The number of allylic oxidation sites excluding steroid dienone is 1. The Bertz CT molecular complexity index is 1710. The maximum absolute atomic E-state index is 14.6. The van der Waals surface area contributed by atoms with Crippen molar-refractivity contribution in [3.8, 4) is 5.69 Å². The third kappa shape index (κ3) is 4.66. The predicted octanol–water partition coefficient (Wildman–Crippen LogP) is 5.42. The van der Waals surface area contributed by atoms with Gasteiger partial charge in [0.2, 0.25) is 0 Å². The molecule has 0 N–H and O–H groups in total. The van der Waals surface area contributed by atoms with Crippen LogP contribution in [-0.4, -0.2) is 51.4 Å². The van der Waals surface area contributed by atoms with Crippen molar-refractivity contribution in [3.63, 3.8) is 0 Å². The fourth-order valence-corrected chi connectivity index (χ4v) is 7.98. The van der Waals surface area contributed by atoms with Gasteiger partial charge >= 0.3 is 0 Å². The highest BCUT2D eigenvalue weighted by atomic mass is 32.2. The van der Waals surface area contributed by atoms with E-state index in [9.17, 15) is 13.4 Å². The molecule has 3 aliphatic rings. The van der Waals surface area contributed by atoms with Gasteiger partial charge in [-0.2, -0.15) is 10.2 Å². The van der Waals surface area contributed by atoms with Crippen molar-refractivity contribution in [2.45, 2.75) is 62.4 Å². The summed E-state index contributed by atoms with van der Waals surface area (Å²) in [5.41, 5.74) is 4.52. The zero-order valence-corrected chi connectivity index (χ0v) is 24.6. The third-order valence-corrected chi connectivity index (χ3v) is 10.6. The van der Waals surface area contributed by atoms with Gasteiger partial charge in [0.25, 0.3) is 0 Å². The standard InChI is InChI=1S/C32H33FN6O2S/c1-3-38(42(41)30-14-15-37(2)36-30)27-10-7-24-16-29-23(20-35-39(29)26-11-8-25(33)9-12-26)17-32(24,18-27)31(40)28-13-6-22(19-34-28)21-4-5-21/h6,8-9,11-16,19-21,27H,3-5,7,10,17-18H2,1-2H3. The molecule has 0 amide bonds. The van der Waals surface area contributed by atoms with Crippen molar-refractivity contribution in [1.29, 1.82) is 0 Å². The molecule has 3 aromatic heterocycles. The zero-order chi connectivity index (χ0) is 29.0. The maximum atomic E-state index is 14.6. The lowest BCUT2D eigenvalue weighted by molar-refractivity contribution is 0.0742. The second kappa shape index (κ2) is 10.5. The third-order valence-electron chi connectivity index (χ3n) is 9.01. The van der Waals surface area contributed by atoms with Crippen LogP contribution in [0.3, 0.4) is 0 Å². The maximum Gasteiger partial charge on any atom is 0.191 e. The van der Waals surface area contributed by atoms with Gasteiger partial charge in [-0.3, -0.25) is 14.5 Å². The smallest absolute Gasteiger partial charge is 0.191 e. The van der Waals surface area contributed by atoms with Crippen LogP contribution in [0.5, 0.6) is 0 Å². The molecule has 8 nitrogen and oxygen atoms in total. The summed E-state index contributed by atoms with van der Waals surface area (Å²) in [4.78, 5) is 19.3. The van der Waals surface area contributed by atoms with Crippen molar-refractivity contribution >= 4 is 22.8 Å². The molecule has 0 saturated heterocycles. The monoisotopic (exact) mass is 584 g/mol. The summed E-state index contributed by atoms with van der Waals surface area (Å²) in [7, 11) is 0.368. The van der Waals surface area contributed by atoms with Gasteiger partial charge in [-0.25, -0.2) is 17.6 Å². The molecule has 3 aliphatic carbocycles. The van der Waals surface area contributed by atoms with Gasteiger partial charge in [-0.05, 0) is 98.0 Å². The lowest BCUT2D eigenvalue weighted by Gasteiger charge is -2.46. The molecular formula is C32H33FN6O2S. The van der Waals surface area contributed by atoms with E-state index in [0.29, 0.717) is 42.4 Å². The van der Waals surface area contributed by atoms with Crippen LogP contribution in [0.4, 0.5) is 4.39 Å². The first kappa shape index (κ1) is 27.1. The van der Waals surface area contributed by atoms with Crippen LogP contribution in [0, 0.1) is 11.2 Å². The number of aryl methyl sites for hydroxylation is 1. The molecule has 0 radical (unpaired) electrons. The summed E-state index contributed by atoms with van der Waals surface area (Å²) in [6, 6.07) is 11.9. The zero-order valence-electron chi connectivity index (χ0n) is 23.7. The van der Waals surface area contributed by atoms with E-state index in [4.69, 9.17) is 0 Å². The van der Waals surface area contributed by atoms with E-state index < -0.39 is 16.4 Å². The minimum Gasteiger partial charge on any atom is -0.291 e. The Labute approximate surface area is 246 Å². The van der Waals surface area contributed by atoms with Gasteiger partial charge in [0.05, 0.1) is 23.0 Å². The van der Waals surface area contributed by atoms with Gasteiger partial charge in [0.1, 0.15) is 22.5 Å². The Balaban J connectivity index is 1.28. The van der Waals surface area contributed by atoms with Crippen molar-refractivity contribution < 1.29 is 13.4 Å². The quantitative estimate of drug-likeness (QED) is 0.258. The molecule has 3 unspecified atom stereocenters. The molecule has 0 aliphatic heterocycles. The van der Waals surface area contributed by atoms with Crippen LogP contribution < -0.4 is 0 Å². The molecule has 1 aromatic carbocycles. The van der Waals surface area contributed by atoms with Gasteiger partial charge in [0.15, 0.2) is 10.8 Å². The molecule has 0 spiro atoms. The minimum atomic E-state index is -1.45. The molecule has 42 heavy (non-hydrogen) atoms. The van der Waals surface area contributed by atoms with Crippen LogP contribution in [-0.2, 0) is 24.5 Å². The molecule has 10 heteroatoms. The molecule has 2 fully saturated rings. The highest BCUT2D eigenvalue weighted by Crippen LogP contribution is 2.51. The largest absolute Gasteiger partial charge is 0.291 e. The van der Waals surface area contributed by atoms with Crippen molar-refractivity contribution in [2.24, 2.45) is 12.5 Å². The molecule has 3 atom stereocenters. The average Bonchev–Trinajstić information content (AvgIpc) is 3.65. The summed E-state index contributed by atoms with van der Waals surface area (Å²) in [5, 5.41) is 9.57. The fourth-order valence-electron chi connectivity index (χ4n) is 6.68. The number of aromatic nitrogens is 5. The van der Waals surface area contributed by atoms with E-state index in [2.05, 4.69) is 21.3 Å². The molecule has 2 saturated carbocycles. The van der Waals surface area contributed by atoms with E-state index in [1.165, 1.54) is 30.5 Å². The Kier molecular flexibility index (Phi) is 6.78. The van der Waals surface area contributed by atoms with E-state index in [0.717, 1.165) is 28.9 Å². The number of hydrogen-bond donors (Lipinski definition) is 0. The van der Waals surface area contributed by atoms with E-state index in [-0.39, 0.29) is 17.6 Å². The van der Waals surface area contributed by atoms with Crippen LogP contribution >= 0.6 is 0 Å². The van der Waals surface area contributed by atoms with Crippen molar-refractivity contribution in [3.05, 3.63) is 95.0 Å². The summed E-state index contributed by atoms with van der Waals surface area (Å²) in [5.74, 6) is 0.258. The summed E-state index contributed by atoms with van der Waals surface area (Å²) >= 11 is 0. The summed E-state index contributed by atoms with van der Waals surface area (Å²) < 4.78 is 32.8. The molecular weight excluding hydrogens is 551 g/mol. The minimum absolute atomic E-state index is 0.000602. The lowest BCUT2D eigenvalue weighted by atomic mass is 9.60. The summed E-state index contributed by atoms with van der Waals surface area (Å²) in [6.45, 7) is 2.57. The van der Waals surface area contributed by atoms with Crippen molar-refractivity contribution in [1.82, 2.24) is 28.9 Å². The number of fused-ring (bicyclic) bond motifs is 2. The first-order valence-corrected chi connectivity index (χ1v) is 15.7. The first-order valence-electron chi connectivity index (χ1n) is 14.6.